The van der Waals surface area contributed by atoms with Gasteiger partial charge in [0.05, 0.1) is 36.0 Å². The molecule has 36 heavy (non-hydrogen) atoms. The van der Waals surface area contributed by atoms with Gasteiger partial charge in [0.25, 0.3) is 17.4 Å². The number of rotatable bonds is 5. The summed E-state index contributed by atoms with van der Waals surface area (Å²) >= 11 is 0. The fourth-order valence-electron chi connectivity index (χ4n) is 3.92. The third-order valence-corrected chi connectivity index (χ3v) is 5.68. The first kappa shape index (κ1) is 22.7. The highest BCUT2D eigenvalue weighted by Gasteiger charge is 2.28. The highest BCUT2D eigenvalue weighted by atomic mass is 19.2. The minimum Gasteiger partial charge on any atom is -0.396 e. The number of anilines is 2. The van der Waals surface area contributed by atoms with E-state index >= 15 is 0 Å². The van der Waals surface area contributed by atoms with Crippen molar-refractivity contribution in [3.8, 4) is 0 Å². The smallest absolute Gasteiger partial charge is 0.263 e. The molecule has 1 aliphatic rings. The number of aromatic amines is 1. The molecular weight excluding hydrogens is 470 g/mol. The summed E-state index contributed by atoms with van der Waals surface area (Å²) in [5.41, 5.74) is 7.99. The van der Waals surface area contributed by atoms with Gasteiger partial charge in [0.2, 0.25) is 0 Å². The molecule has 0 saturated carbocycles. The number of nitrogens with one attached hydrogen (secondary N) is 3. The SMILES string of the molecule is N/C(=C1/C(=O)Nc2ccc(NC(=O)c3cccn(Cc4ccc(F)c(F)c4)c3=O)cc21)c1cnc[nH]1. The zero-order valence-corrected chi connectivity index (χ0v) is 18.5. The highest BCUT2D eigenvalue weighted by molar-refractivity contribution is 6.36. The van der Waals surface area contributed by atoms with Crippen LogP contribution in [0.15, 0.2) is 72.0 Å². The third-order valence-electron chi connectivity index (χ3n) is 5.68. The number of amides is 2. The van der Waals surface area contributed by atoms with Crippen LogP contribution < -0.4 is 21.9 Å². The van der Waals surface area contributed by atoms with E-state index < -0.39 is 29.0 Å². The Hall–Kier alpha value is -5.06. The molecule has 2 aromatic carbocycles. The van der Waals surface area contributed by atoms with Crippen LogP contribution in [0, 0.1) is 11.6 Å². The van der Waals surface area contributed by atoms with Gasteiger partial charge in [-0.05, 0) is 48.0 Å². The van der Waals surface area contributed by atoms with Crippen molar-refractivity contribution < 1.29 is 18.4 Å². The largest absolute Gasteiger partial charge is 0.396 e. The van der Waals surface area contributed by atoms with Crippen LogP contribution in [0.25, 0.3) is 11.3 Å². The van der Waals surface area contributed by atoms with Crippen molar-refractivity contribution in [1.29, 1.82) is 0 Å². The Kier molecular flexibility index (Phi) is 5.65. The Bertz CT molecular complexity index is 1610. The van der Waals surface area contributed by atoms with Gasteiger partial charge in [0, 0.05) is 23.1 Å². The summed E-state index contributed by atoms with van der Waals surface area (Å²) < 4.78 is 28.0. The second kappa shape index (κ2) is 8.95. The number of benzene rings is 2. The van der Waals surface area contributed by atoms with Gasteiger partial charge in [-0.2, -0.15) is 0 Å². The molecule has 3 heterocycles. The van der Waals surface area contributed by atoms with Gasteiger partial charge in [-0.3, -0.25) is 14.4 Å². The van der Waals surface area contributed by atoms with Crippen molar-refractivity contribution in [2.75, 3.05) is 10.6 Å². The van der Waals surface area contributed by atoms with Gasteiger partial charge >= 0.3 is 0 Å². The molecule has 1 aliphatic heterocycles. The molecule has 0 unspecified atom stereocenters. The van der Waals surface area contributed by atoms with E-state index in [2.05, 4.69) is 20.6 Å². The van der Waals surface area contributed by atoms with Gasteiger partial charge in [0.1, 0.15) is 5.56 Å². The Balaban J connectivity index is 1.42. The Morgan fingerprint density at radius 2 is 1.92 bits per heavy atom. The van der Waals surface area contributed by atoms with Gasteiger partial charge in [-0.1, -0.05) is 6.07 Å². The van der Waals surface area contributed by atoms with Gasteiger partial charge in [-0.25, -0.2) is 13.8 Å². The maximum Gasteiger partial charge on any atom is 0.263 e. The number of aromatic nitrogens is 3. The van der Waals surface area contributed by atoms with Crippen molar-refractivity contribution >= 4 is 34.5 Å². The molecule has 11 heteroatoms. The van der Waals surface area contributed by atoms with E-state index in [1.54, 1.807) is 18.2 Å². The number of hydrogen-bond acceptors (Lipinski definition) is 5. The first-order chi connectivity index (χ1) is 17.3. The minimum absolute atomic E-state index is 0.0508. The molecule has 4 aromatic rings. The molecule has 2 aromatic heterocycles. The molecule has 0 fully saturated rings. The summed E-state index contributed by atoms with van der Waals surface area (Å²) in [6, 6.07) is 11.0. The average molecular weight is 488 g/mol. The predicted molar refractivity (Wildman–Crippen MR) is 129 cm³/mol. The summed E-state index contributed by atoms with van der Waals surface area (Å²) in [7, 11) is 0. The maximum atomic E-state index is 13.5. The average Bonchev–Trinajstić information content (AvgIpc) is 3.50. The topological polar surface area (TPSA) is 135 Å². The summed E-state index contributed by atoms with van der Waals surface area (Å²) in [6.45, 7) is -0.0508. The Morgan fingerprint density at radius 1 is 1.08 bits per heavy atom. The molecule has 0 radical (unpaired) electrons. The van der Waals surface area contributed by atoms with Crippen molar-refractivity contribution in [3.63, 3.8) is 0 Å². The predicted octanol–water partition coefficient (Wildman–Crippen LogP) is 2.93. The number of nitrogens with zero attached hydrogens (tertiary/aromatic N) is 2. The van der Waals surface area contributed by atoms with E-state index in [4.69, 9.17) is 5.73 Å². The summed E-state index contributed by atoms with van der Waals surface area (Å²) in [5.74, 6) is -3.09. The molecule has 2 amide bonds. The third kappa shape index (κ3) is 4.13. The van der Waals surface area contributed by atoms with E-state index in [0.717, 1.165) is 12.1 Å². The van der Waals surface area contributed by atoms with Crippen molar-refractivity contribution in [2.45, 2.75) is 6.54 Å². The normalized spacial score (nSPS) is 13.8. The number of imidazole rings is 1. The van der Waals surface area contributed by atoms with E-state index in [1.807, 2.05) is 0 Å². The Labute approximate surface area is 202 Å². The molecule has 0 spiro atoms. The Morgan fingerprint density at radius 3 is 2.67 bits per heavy atom. The lowest BCUT2D eigenvalue weighted by atomic mass is 10.0. The summed E-state index contributed by atoms with van der Waals surface area (Å²) in [5, 5.41) is 5.38. The first-order valence-electron chi connectivity index (χ1n) is 10.7. The molecule has 180 valence electrons. The molecule has 5 rings (SSSR count). The zero-order valence-electron chi connectivity index (χ0n) is 18.5. The number of nitrogens with two attached hydrogens (primary N) is 1. The van der Waals surface area contributed by atoms with Gasteiger partial charge in [0.15, 0.2) is 11.6 Å². The van der Waals surface area contributed by atoms with Crippen LogP contribution >= 0.6 is 0 Å². The molecule has 0 saturated heterocycles. The lowest BCUT2D eigenvalue weighted by Crippen LogP contribution is -2.29. The summed E-state index contributed by atoms with van der Waals surface area (Å²) in [4.78, 5) is 45.1. The van der Waals surface area contributed by atoms with Crippen molar-refractivity contribution in [3.05, 3.63) is 112 Å². The number of halogens is 2. The van der Waals surface area contributed by atoms with Crippen LogP contribution in [0.1, 0.15) is 27.2 Å². The molecule has 5 N–H and O–H groups in total. The lowest BCUT2D eigenvalue weighted by Gasteiger charge is -2.10. The minimum atomic E-state index is -1.03. The van der Waals surface area contributed by atoms with E-state index in [9.17, 15) is 23.2 Å². The number of carbonyl (C=O) groups excluding carboxylic acids is 2. The number of fused-ring (bicyclic) bond motifs is 1. The van der Waals surface area contributed by atoms with Crippen molar-refractivity contribution in [1.82, 2.24) is 14.5 Å². The van der Waals surface area contributed by atoms with E-state index in [-0.39, 0.29) is 23.4 Å². The van der Waals surface area contributed by atoms with Crippen LogP contribution in [0.3, 0.4) is 0 Å². The van der Waals surface area contributed by atoms with Gasteiger partial charge < -0.3 is 25.9 Å². The van der Waals surface area contributed by atoms with Crippen LogP contribution in [0.2, 0.25) is 0 Å². The second-order valence-electron chi connectivity index (χ2n) is 8.03. The molecule has 0 bridgehead atoms. The fraction of sp³-hybridized carbons (Fsp3) is 0.0400. The quantitative estimate of drug-likeness (QED) is 0.321. The lowest BCUT2D eigenvalue weighted by molar-refractivity contribution is -0.110. The maximum absolute atomic E-state index is 13.5. The molecule has 0 aliphatic carbocycles. The van der Waals surface area contributed by atoms with Crippen molar-refractivity contribution in [2.24, 2.45) is 5.73 Å². The first-order valence-corrected chi connectivity index (χ1v) is 10.7. The van der Waals surface area contributed by atoms with Crippen LogP contribution in [0.4, 0.5) is 20.2 Å². The number of pyridine rings is 1. The van der Waals surface area contributed by atoms with E-state index in [1.165, 1.54) is 41.5 Å². The zero-order chi connectivity index (χ0) is 25.4. The molecule has 9 nitrogen and oxygen atoms in total. The monoisotopic (exact) mass is 488 g/mol. The van der Waals surface area contributed by atoms with Crippen LogP contribution in [-0.4, -0.2) is 26.3 Å². The molecular formula is C25H18F2N6O3. The van der Waals surface area contributed by atoms with Crippen LogP contribution in [-0.2, 0) is 11.3 Å². The highest BCUT2D eigenvalue weighted by Crippen LogP contribution is 2.36. The van der Waals surface area contributed by atoms with E-state index in [0.29, 0.717) is 28.2 Å². The number of carbonyl (C=O) groups is 2. The molecule has 0 atom stereocenters. The number of H-pyrrole nitrogens is 1. The fourth-order valence-corrected chi connectivity index (χ4v) is 3.92. The second-order valence-corrected chi connectivity index (χ2v) is 8.03. The van der Waals surface area contributed by atoms with Gasteiger partial charge in [-0.15, -0.1) is 0 Å². The summed E-state index contributed by atoms with van der Waals surface area (Å²) in [6.07, 6.45) is 4.37. The van der Waals surface area contributed by atoms with Crippen LogP contribution in [0.5, 0.6) is 0 Å². The number of hydrogen-bond donors (Lipinski definition) is 4. The standard InChI is InChI=1S/C25H18F2N6O3/c26-17-5-3-13(8-18(17)27)11-33-7-1-2-15(25(33)36)23(34)31-14-4-6-19-16(9-14)21(24(35)32-19)22(28)20-10-29-12-30-20/h1-10,12H,11,28H2,(H,29,30)(H,31,34)(H,32,35)/b22-21+.